The smallest absolute Gasteiger partial charge is 0.261 e. The van der Waals surface area contributed by atoms with Crippen LogP contribution in [0.15, 0.2) is 77.7 Å². The molecule has 7 nitrogen and oxygen atoms in total. The number of hydrogen-bond donors (Lipinski definition) is 2. The van der Waals surface area contributed by atoms with Crippen molar-refractivity contribution < 1.29 is 22.4 Å². The number of benzene rings is 3. The number of anilines is 2. The van der Waals surface area contributed by atoms with Crippen molar-refractivity contribution in [3.63, 3.8) is 0 Å². The van der Waals surface area contributed by atoms with E-state index in [0.29, 0.717) is 11.3 Å². The van der Waals surface area contributed by atoms with Gasteiger partial charge in [-0.05, 0) is 66.2 Å². The van der Waals surface area contributed by atoms with Gasteiger partial charge in [-0.1, -0.05) is 12.1 Å². The molecule has 0 aliphatic rings. The average Bonchev–Trinajstić information content (AvgIpc) is 2.75. The predicted octanol–water partition coefficient (Wildman–Crippen LogP) is 3.51. The van der Waals surface area contributed by atoms with Crippen LogP contribution in [0.3, 0.4) is 0 Å². The fraction of sp³-hybridized carbons (Fsp3) is 0.130. The number of likely N-dealkylation sites (N-methyl/N-ethyl adjacent to an activating group) is 1. The number of nitrogens with zero attached hydrogens (tertiary/aromatic N) is 1. The van der Waals surface area contributed by atoms with Crippen molar-refractivity contribution in [3.05, 3.63) is 89.7 Å². The first-order valence-electron chi connectivity index (χ1n) is 9.63. The highest BCUT2D eigenvalue weighted by molar-refractivity contribution is 7.92. The highest BCUT2D eigenvalue weighted by Gasteiger charge is 2.15. The third-order valence-electron chi connectivity index (χ3n) is 4.59. The van der Waals surface area contributed by atoms with Crippen molar-refractivity contribution in [1.82, 2.24) is 4.90 Å². The lowest BCUT2D eigenvalue weighted by molar-refractivity contribution is -0.127. The van der Waals surface area contributed by atoms with Crippen molar-refractivity contribution in [1.29, 1.82) is 0 Å². The zero-order valence-electron chi connectivity index (χ0n) is 17.5. The van der Waals surface area contributed by atoms with Gasteiger partial charge in [0.15, 0.2) is 0 Å². The first-order valence-corrected chi connectivity index (χ1v) is 11.1. The van der Waals surface area contributed by atoms with E-state index in [1.165, 1.54) is 41.3 Å². The lowest BCUT2D eigenvalue weighted by atomic mass is 10.1. The summed E-state index contributed by atoms with van der Waals surface area (Å²) in [6.07, 6.45) is 0.274. The maximum atomic E-state index is 13.0. The molecular weight excluding hydrogens is 433 g/mol. The monoisotopic (exact) mass is 455 g/mol. The molecule has 3 aromatic carbocycles. The Labute approximate surface area is 185 Å². The van der Waals surface area contributed by atoms with E-state index >= 15 is 0 Å². The largest absolute Gasteiger partial charge is 0.349 e. The number of sulfonamides is 1. The Bertz CT molecular complexity index is 1210. The molecule has 0 unspecified atom stereocenters. The molecule has 0 aromatic heterocycles. The van der Waals surface area contributed by atoms with Crippen LogP contribution < -0.4 is 10.0 Å². The maximum Gasteiger partial charge on any atom is 0.261 e. The molecule has 0 aliphatic heterocycles. The average molecular weight is 456 g/mol. The summed E-state index contributed by atoms with van der Waals surface area (Å²) in [5.74, 6) is -0.914. The van der Waals surface area contributed by atoms with Crippen molar-refractivity contribution >= 4 is 33.2 Å². The molecule has 0 atom stereocenters. The standard InChI is InChI=1S/C23H22FN3O4S/c1-27(2)22(28)15-16-3-9-19(10-4-16)25-23(29)17-5-11-20(12-6-17)26-32(30,31)21-13-7-18(24)8-14-21/h3-14,26H,15H2,1-2H3,(H,25,29). The minimum atomic E-state index is -3.87. The van der Waals surface area contributed by atoms with Gasteiger partial charge in [-0.25, -0.2) is 12.8 Å². The minimum absolute atomic E-state index is 0.0167. The second-order valence-corrected chi connectivity index (χ2v) is 8.94. The molecule has 0 radical (unpaired) electrons. The van der Waals surface area contributed by atoms with Gasteiger partial charge in [0.1, 0.15) is 5.82 Å². The summed E-state index contributed by atoms with van der Waals surface area (Å²) in [5, 5.41) is 2.75. The van der Waals surface area contributed by atoms with E-state index in [-0.39, 0.29) is 28.8 Å². The second kappa shape index (κ2) is 9.61. The number of carbonyl (C=O) groups excluding carboxylic acids is 2. The van der Waals surface area contributed by atoms with Crippen molar-refractivity contribution in [2.75, 3.05) is 24.1 Å². The Morgan fingerprint density at radius 3 is 1.97 bits per heavy atom. The van der Waals surface area contributed by atoms with Crippen LogP contribution in [0.4, 0.5) is 15.8 Å². The van der Waals surface area contributed by atoms with E-state index < -0.39 is 15.8 Å². The maximum absolute atomic E-state index is 13.0. The molecule has 3 rings (SSSR count). The zero-order valence-corrected chi connectivity index (χ0v) is 18.3. The summed E-state index contributed by atoms with van der Waals surface area (Å²) in [5.41, 5.74) is 2.00. The SMILES string of the molecule is CN(C)C(=O)Cc1ccc(NC(=O)c2ccc(NS(=O)(=O)c3ccc(F)cc3)cc2)cc1. The van der Waals surface area contributed by atoms with Gasteiger partial charge in [0.25, 0.3) is 15.9 Å². The third kappa shape index (κ3) is 5.92. The molecule has 0 fully saturated rings. The minimum Gasteiger partial charge on any atom is -0.349 e. The van der Waals surface area contributed by atoms with Gasteiger partial charge in [0.2, 0.25) is 5.91 Å². The van der Waals surface area contributed by atoms with E-state index in [4.69, 9.17) is 0 Å². The first-order chi connectivity index (χ1) is 15.1. The Morgan fingerprint density at radius 2 is 1.41 bits per heavy atom. The Morgan fingerprint density at radius 1 is 0.844 bits per heavy atom. The van der Waals surface area contributed by atoms with Gasteiger partial charge in [-0.2, -0.15) is 0 Å². The van der Waals surface area contributed by atoms with Gasteiger partial charge in [-0.15, -0.1) is 0 Å². The van der Waals surface area contributed by atoms with E-state index in [1.807, 2.05) is 0 Å². The normalized spacial score (nSPS) is 11.0. The fourth-order valence-corrected chi connectivity index (χ4v) is 3.82. The highest BCUT2D eigenvalue weighted by Crippen LogP contribution is 2.18. The summed E-state index contributed by atoms with van der Waals surface area (Å²) in [7, 11) is -0.493. The number of amides is 2. The first kappa shape index (κ1) is 23.0. The fourth-order valence-electron chi connectivity index (χ4n) is 2.76. The van der Waals surface area contributed by atoms with Crippen LogP contribution in [-0.2, 0) is 21.2 Å². The van der Waals surface area contributed by atoms with Crippen LogP contribution >= 0.6 is 0 Å². The quantitative estimate of drug-likeness (QED) is 0.570. The Hall–Kier alpha value is -3.72. The Kier molecular flexibility index (Phi) is 6.89. The lowest BCUT2D eigenvalue weighted by Gasteiger charge is -2.11. The van der Waals surface area contributed by atoms with Gasteiger partial charge in [-0.3, -0.25) is 14.3 Å². The molecule has 0 heterocycles. The molecule has 0 saturated carbocycles. The number of carbonyl (C=O) groups is 2. The van der Waals surface area contributed by atoms with Crippen molar-refractivity contribution in [3.8, 4) is 0 Å². The summed E-state index contributed by atoms with van der Waals surface area (Å²) >= 11 is 0. The van der Waals surface area contributed by atoms with Crippen molar-refractivity contribution in [2.24, 2.45) is 0 Å². The van der Waals surface area contributed by atoms with E-state index in [1.54, 1.807) is 38.4 Å². The predicted molar refractivity (Wildman–Crippen MR) is 120 cm³/mol. The molecule has 2 amide bonds. The summed E-state index contributed by atoms with van der Waals surface area (Å²) in [4.78, 5) is 25.7. The van der Waals surface area contributed by atoms with Gasteiger partial charge >= 0.3 is 0 Å². The van der Waals surface area contributed by atoms with E-state index in [9.17, 15) is 22.4 Å². The molecule has 3 aromatic rings. The van der Waals surface area contributed by atoms with Crippen LogP contribution in [0.25, 0.3) is 0 Å². The summed E-state index contributed by atoms with van der Waals surface area (Å²) < 4.78 is 40.1. The van der Waals surface area contributed by atoms with Crippen LogP contribution in [0.5, 0.6) is 0 Å². The van der Waals surface area contributed by atoms with Gasteiger partial charge < -0.3 is 10.2 Å². The third-order valence-corrected chi connectivity index (χ3v) is 5.99. The van der Waals surface area contributed by atoms with Gasteiger partial charge in [0.05, 0.1) is 11.3 Å². The van der Waals surface area contributed by atoms with Crippen LogP contribution in [-0.4, -0.2) is 39.2 Å². The molecule has 32 heavy (non-hydrogen) atoms. The molecular formula is C23H22FN3O4S. The lowest BCUT2D eigenvalue weighted by Crippen LogP contribution is -2.23. The molecule has 9 heteroatoms. The molecule has 2 N–H and O–H groups in total. The zero-order chi connectivity index (χ0) is 23.3. The van der Waals surface area contributed by atoms with Gasteiger partial charge in [0, 0.05) is 31.0 Å². The highest BCUT2D eigenvalue weighted by atomic mass is 32.2. The summed E-state index contributed by atoms with van der Waals surface area (Å²) in [6, 6.07) is 17.3. The number of halogens is 1. The number of nitrogens with one attached hydrogen (secondary N) is 2. The molecule has 0 aliphatic carbocycles. The molecule has 166 valence electrons. The summed E-state index contributed by atoms with van der Waals surface area (Å²) in [6.45, 7) is 0. The molecule has 0 bridgehead atoms. The topological polar surface area (TPSA) is 95.6 Å². The van der Waals surface area contributed by atoms with E-state index in [2.05, 4.69) is 10.0 Å². The van der Waals surface area contributed by atoms with Crippen LogP contribution in [0, 0.1) is 5.82 Å². The van der Waals surface area contributed by atoms with Crippen LogP contribution in [0.1, 0.15) is 15.9 Å². The number of hydrogen-bond acceptors (Lipinski definition) is 4. The van der Waals surface area contributed by atoms with Crippen molar-refractivity contribution in [2.45, 2.75) is 11.3 Å². The molecule has 0 spiro atoms. The van der Waals surface area contributed by atoms with Crippen LogP contribution in [0.2, 0.25) is 0 Å². The Balaban J connectivity index is 1.62. The number of rotatable bonds is 7. The van der Waals surface area contributed by atoms with E-state index in [0.717, 1.165) is 17.7 Å². The second-order valence-electron chi connectivity index (χ2n) is 7.25. The molecule has 0 saturated heterocycles.